The Morgan fingerprint density at radius 3 is 2.90 bits per heavy atom. The highest BCUT2D eigenvalue weighted by Gasteiger charge is 2.19. The molecule has 6 nitrogen and oxygen atoms in total. The lowest BCUT2D eigenvalue weighted by Crippen LogP contribution is -2.38. The summed E-state index contributed by atoms with van der Waals surface area (Å²) in [4.78, 5) is 24.6. The zero-order chi connectivity index (χ0) is 14.7. The standard InChI is InChI=1S/C14H19N5O/c1-4-19(10(3)20)9(2)7-12(15)13-11-5-6-16-14(11)18-8-17-13/h5-6,8-9,15H,4,7H2,1-3H3,(H,16,17,18). The van der Waals surface area contributed by atoms with Crippen molar-refractivity contribution in [3.63, 3.8) is 0 Å². The summed E-state index contributed by atoms with van der Waals surface area (Å²) in [6.45, 7) is 6.09. The first-order chi connectivity index (χ1) is 9.54. The molecule has 0 aliphatic carbocycles. The number of carbonyl (C=O) groups excluding carboxylic acids is 1. The van der Waals surface area contributed by atoms with E-state index in [0.29, 0.717) is 24.4 Å². The molecule has 0 saturated carbocycles. The molecule has 2 N–H and O–H groups in total. The molecule has 1 atom stereocenters. The lowest BCUT2D eigenvalue weighted by molar-refractivity contribution is -0.130. The van der Waals surface area contributed by atoms with Crippen molar-refractivity contribution in [3.05, 3.63) is 24.3 Å². The minimum absolute atomic E-state index is 0.0195. The molecule has 2 heterocycles. The van der Waals surface area contributed by atoms with Gasteiger partial charge in [-0.2, -0.15) is 0 Å². The maximum absolute atomic E-state index is 11.5. The summed E-state index contributed by atoms with van der Waals surface area (Å²) in [6, 6.07) is 1.85. The van der Waals surface area contributed by atoms with Crippen molar-refractivity contribution in [2.45, 2.75) is 33.2 Å². The van der Waals surface area contributed by atoms with Crippen LogP contribution in [0.25, 0.3) is 11.0 Å². The fraction of sp³-hybridized carbons (Fsp3) is 0.429. The fourth-order valence-electron chi connectivity index (χ4n) is 2.46. The van der Waals surface area contributed by atoms with Crippen molar-refractivity contribution < 1.29 is 4.79 Å². The van der Waals surface area contributed by atoms with Gasteiger partial charge in [0.25, 0.3) is 0 Å². The maximum Gasteiger partial charge on any atom is 0.219 e. The largest absolute Gasteiger partial charge is 0.346 e. The van der Waals surface area contributed by atoms with Crippen molar-refractivity contribution in [3.8, 4) is 0 Å². The van der Waals surface area contributed by atoms with E-state index in [1.807, 2.05) is 19.9 Å². The molecule has 2 aromatic heterocycles. The van der Waals surface area contributed by atoms with Crippen LogP contribution in [0.2, 0.25) is 0 Å². The van der Waals surface area contributed by atoms with Crippen LogP contribution in [-0.4, -0.2) is 44.1 Å². The quantitative estimate of drug-likeness (QED) is 0.817. The Bertz CT molecular complexity index is 633. The highest BCUT2D eigenvalue weighted by molar-refractivity contribution is 6.06. The molecule has 1 amide bonds. The fourth-order valence-corrected chi connectivity index (χ4v) is 2.46. The van der Waals surface area contributed by atoms with Gasteiger partial charge in [-0.3, -0.25) is 4.79 Å². The lowest BCUT2D eigenvalue weighted by Gasteiger charge is -2.26. The number of H-pyrrole nitrogens is 1. The van der Waals surface area contributed by atoms with Gasteiger partial charge in [-0.1, -0.05) is 0 Å². The van der Waals surface area contributed by atoms with Crippen LogP contribution in [0.4, 0.5) is 0 Å². The number of nitrogens with zero attached hydrogens (tertiary/aromatic N) is 3. The van der Waals surface area contributed by atoms with E-state index in [9.17, 15) is 4.79 Å². The molecule has 20 heavy (non-hydrogen) atoms. The number of amides is 1. The second-order valence-electron chi connectivity index (χ2n) is 4.80. The minimum Gasteiger partial charge on any atom is -0.346 e. The Balaban J connectivity index is 2.20. The summed E-state index contributed by atoms with van der Waals surface area (Å²) in [6.07, 6.45) is 3.72. The normalized spacial score (nSPS) is 12.3. The SMILES string of the molecule is CCN(C(C)=O)C(C)CC(=N)c1ncnc2[nH]ccc12. The highest BCUT2D eigenvalue weighted by atomic mass is 16.2. The lowest BCUT2D eigenvalue weighted by atomic mass is 10.1. The molecule has 0 aliphatic rings. The summed E-state index contributed by atoms with van der Waals surface area (Å²) in [5, 5.41) is 9.09. The molecule has 0 spiro atoms. The average Bonchev–Trinajstić information content (AvgIpc) is 2.86. The van der Waals surface area contributed by atoms with Crippen LogP contribution in [0.1, 0.15) is 32.9 Å². The van der Waals surface area contributed by atoms with E-state index in [1.165, 1.54) is 6.33 Å². The van der Waals surface area contributed by atoms with E-state index in [2.05, 4.69) is 15.0 Å². The summed E-state index contributed by atoms with van der Waals surface area (Å²) >= 11 is 0. The molecular weight excluding hydrogens is 254 g/mol. The molecule has 106 valence electrons. The molecule has 2 rings (SSSR count). The predicted molar refractivity (Wildman–Crippen MR) is 77.9 cm³/mol. The van der Waals surface area contributed by atoms with Crippen LogP contribution in [0, 0.1) is 5.41 Å². The Morgan fingerprint density at radius 2 is 2.25 bits per heavy atom. The van der Waals surface area contributed by atoms with Crippen molar-refractivity contribution >= 4 is 22.7 Å². The molecule has 0 saturated heterocycles. The average molecular weight is 273 g/mol. The number of hydrogen-bond acceptors (Lipinski definition) is 4. The van der Waals surface area contributed by atoms with Gasteiger partial charge in [-0.25, -0.2) is 9.97 Å². The van der Waals surface area contributed by atoms with Gasteiger partial charge in [0.05, 0.1) is 11.4 Å². The molecule has 1 unspecified atom stereocenters. The third kappa shape index (κ3) is 2.68. The minimum atomic E-state index is -0.0195. The number of nitrogens with one attached hydrogen (secondary N) is 2. The Hall–Kier alpha value is -2.24. The molecule has 2 aromatic rings. The topological polar surface area (TPSA) is 85.7 Å². The van der Waals surface area contributed by atoms with Crippen LogP contribution >= 0.6 is 0 Å². The van der Waals surface area contributed by atoms with Gasteiger partial charge in [0, 0.05) is 37.5 Å². The molecule has 6 heteroatoms. The molecular formula is C14H19N5O. The van der Waals surface area contributed by atoms with E-state index in [4.69, 9.17) is 5.41 Å². The molecule has 0 radical (unpaired) electrons. The Kier molecular flexibility index (Phi) is 4.12. The van der Waals surface area contributed by atoms with Crippen LogP contribution in [-0.2, 0) is 4.79 Å². The van der Waals surface area contributed by atoms with Gasteiger partial charge < -0.3 is 15.3 Å². The van der Waals surface area contributed by atoms with Crippen molar-refractivity contribution in [1.29, 1.82) is 5.41 Å². The van der Waals surface area contributed by atoms with E-state index in [-0.39, 0.29) is 11.9 Å². The number of aromatic amines is 1. The first kappa shape index (κ1) is 14.2. The first-order valence-corrected chi connectivity index (χ1v) is 6.67. The summed E-state index contributed by atoms with van der Waals surface area (Å²) in [5.41, 5.74) is 1.78. The second kappa shape index (κ2) is 5.81. The number of aromatic nitrogens is 3. The first-order valence-electron chi connectivity index (χ1n) is 6.67. The maximum atomic E-state index is 11.5. The Morgan fingerprint density at radius 1 is 1.50 bits per heavy atom. The molecule has 0 fully saturated rings. The van der Waals surface area contributed by atoms with E-state index in [1.54, 1.807) is 18.0 Å². The van der Waals surface area contributed by atoms with Crippen molar-refractivity contribution in [2.24, 2.45) is 0 Å². The van der Waals surface area contributed by atoms with Crippen molar-refractivity contribution in [2.75, 3.05) is 6.54 Å². The molecule has 0 bridgehead atoms. The van der Waals surface area contributed by atoms with Crippen molar-refractivity contribution in [1.82, 2.24) is 19.9 Å². The number of hydrogen-bond donors (Lipinski definition) is 2. The van der Waals surface area contributed by atoms with Gasteiger partial charge in [0.1, 0.15) is 12.0 Å². The van der Waals surface area contributed by atoms with Crippen LogP contribution in [0.5, 0.6) is 0 Å². The summed E-state index contributed by atoms with van der Waals surface area (Å²) in [5.74, 6) is 0.0299. The zero-order valence-corrected chi connectivity index (χ0v) is 12.0. The van der Waals surface area contributed by atoms with Gasteiger partial charge in [-0.15, -0.1) is 0 Å². The van der Waals surface area contributed by atoms with E-state index >= 15 is 0 Å². The zero-order valence-electron chi connectivity index (χ0n) is 12.0. The number of carbonyl (C=O) groups is 1. The van der Waals surface area contributed by atoms with Gasteiger partial charge in [-0.05, 0) is 19.9 Å². The van der Waals surface area contributed by atoms with Crippen LogP contribution in [0.15, 0.2) is 18.6 Å². The smallest absolute Gasteiger partial charge is 0.219 e. The predicted octanol–water partition coefficient (Wildman–Crippen LogP) is 1.97. The second-order valence-corrected chi connectivity index (χ2v) is 4.80. The van der Waals surface area contributed by atoms with Gasteiger partial charge in [0.15, 0.2) is 0 Å². The van der Waals surface area contributed by atoms with Gasteiger partial charge in [0.2, 0.25) is 5.91 Å². The molecule has 0 aromatic carbocycles. The monoisotopic (exact) mass is 273 g/mol. The molecule has 0 aliphatic heterocycles. The third-order valence-corrected chi connectivity index (χ3v) is 3.42. The van der Waals surface area contributed by atoms with Gasteiger partial charge >= 0.3 is 0 Å². The van der Waals surface area contributed by atoms with Crippen LogP contribution in [0.3, 0.4) is 0 Å². The van der Waals surface area contributed by atoms with E-state index < -0.39 is 0 Å². The van der Waals surface area contributed by atoms with E-state index in [0.717, 1.165) is 11.0 Å². The summed E-state index contributed by atoms with van der Waals surface area (Å²) < 4.78 is 0. The summed E-state index contributed by atoms with van der Waals surface area (Å²) in [7, 11) is 0. The highest BCUT2D eigenvalue weighted by Crippen LogP contribution is 2.16. The Labute approximate surface area is 117 Å². The number of rotatable bonds is 5. The number of fused-ring (bicyclic) bond motifs is 1. The third-order valence-electron chi connectivity index (χ3n) is 3.42. The van der Waals surface area contributed by atoms with Crippen LogP contribution < -0.4 is 0 Å².